The second-order valence-electron chi connectivity index (χ2n) is 4.46. The molecule has 0 amide bonds. The lowest BCUT2D eigenvalue weighted by atomic mass is 10.0. The maximum absolute atomic E-state index is 6.08. The van der Waals surface area contributed by atoms with Crippen LogP contribution in [0, 0.1) is 0 Å². The molecular formula is C14H18N2. The van der Waals surface area contributed by atoms with Gasteiger partial charge in [0.25, 0.3) is 0 Å². The highest BCUT2D eigenvalue weighted by molar-refractivity contribution is 5.92. The van der Waals surface area contributed by atoms with Crippen molar-refractivity contribution in [3.8, 4) is 0 Å². The van der Waals surface area contributed by atoms with Gasteiger partial charge in [-0.15, -0.1) is 0 Å². The van der Waals surface area contributed by atoms with E-state index in [-0.39, 0.29) is 0 Å². The molecule has 16 heavy (non-hydrogen) atoms. The molecular weight excluding hydrogens is 196 g/mol. The predicted molar refractivity (Wildman–Crippen MR) is 69.6 cm³/mol. The van der Waals surface area contributed by atoms with Gasteiger partial charge in [-0.2, -0.15) is 0 Å². The van der Waals surface area contributed by atoms with Crippen LogP contribution in [-0.2, 0) is 6.42 Å². The largest absolute Gasteiger partial charge is 0.398 e. The predicted octanol–water partition coefficient (Wildman–Crippen LogP) is 3.50. The summed E-state index contributed by atoms with van der Waals surface area (Å²) in [7, 11) is 0. The van der Waals surface area contributed by atoms with E-state index >= 15 is 0 Å². The summed E-state index contributed by atoms with van der Waals surface area (Å²) in [5.74, 6) is 0.414. The van der Waals surface area contributed by atoms with E-state index in [0.717, 1.165) is 28.7 Å². The Hall–Kier alpha value is -1.57. The quantitative estimate of drug-likeness (QED) is 0.831. The summed E-state index contributed by atoms with van der Waals surface area (Å²) in [6.07, 6.45) is 0.991. The van der Waals surface area contributed by atoms with Crippen LogP contribution in [0.15, 0.2) is 24.3 Å². The zero-order valence-electron chi connectivity index (χ0n) is 10.1. The summed E-state index contributed by atoms with van der Waals surface area (Å²) in [6, 6.07) is 8.21. The maximum atomic E-state index is 6.08. The molecule has 2 N–H and O–H groups in total. The van der Waals surface area contributed by atoms with Crippen molar-refractivity contribution in [2.24, 2.45) is 0 Å². The van der Waals surface area contributed by atoms with Crippen LogP contribution in [0.1, 0.15) is 37.9 Å². The number of fused-ring (bicyclic) bond motifs is 1. The first kappa shape index (κ1) is 10.9. The van der Waals surface area contributed by atoms with Crippen molar-refractivity contribution in [1.29, 1.82) is 0 Å². The van der Waals surface area contributed by atoms with Crippen molar-refractivity contribution >= 4 is 16.6 Å². The average molecular weight is 214 g/mol. The van der Waals surface area contributed by atoms with Crippen LogP contribution in [-0.4, -0.2) is 4.98 Å². The van der Waals surface area contributed by atoms with Crippen LogP contribution in [0.3, 0.4) is 0 Å². The Morgan fingerprint density at radius 2 is 2.06 bits per heavy atom. The molecule has 0 radical (unpaired) electrons. The van der Waals surface area contributed by atoms with Crippen molar-refractivity contribution in [2.75, 3.05) is 5.73 Å². The first-order valence-electron chi connectivity index (χ1n) is 5.81. The Labute approximate surface area is 96.5 Å². The zero-order chi connectivity index (χ0) is 11.7. The second-order valence-corrected chi connectivity index (χ2v) is 4.46. The molecule has 1 aromatic heterocycles. The van der Waals surface area contributed by atoms with Crippen molar-refractivity contribution in [2.45, 2.75) is 33.1 Å². The zero-order valence-corrected chi connectivity index (χ0v) is 10.1. The van der Waals surface area contributed by atoms with Crippen LogP contribution in [0.2, 0.25) is 0 Å². The van der Waals surface area contributed by atoms with Crippen molar-refractivity contribution < 1.29 is 0 Å². The van der Waals surface area contributed by atoms with Gasteiger partial charge >= 0.3 is 0 Å². The fourth-order valence-electron chi connectivity index (χ4n) is 1.94. The van der Waals surface area contributed by atoms with Crippen LogP contribution in [0.4, 0.5) is 5.69 Å². The van der Waals surface area contributed by atoms with Gasteiger partial charge in [0.05, 0.1) is 5.52 Å². The SMILES string of the molecule is CCc1cccc2c(N)cc(C(C)C)nc12. The average Bonchev–Trinajstić information content (AvgIpc) is 2.28. The van der Waals surface area contributed by atoms with E-state index in [9.17, 15) is 0 Å². The second kappa shape index (κ2) is 4.12. The molecule has 0 unspecified atom stereocenters. The Balaban J connectivity index is 2.77. The van der Waals surface area contributed by atoms with Gasteiger partial charge in [0, 0.05) is 16.8 Å². The molecule has 0 spiro atoms. The van der Waals surface area contributed by atoms with Gasteiger partial charge in [0.2, 0.25) is 0 Å². The first-order chi connectivity index (χ1) is 7.63. The summed E-state index contributed by atoms with van der Waals surface area (Å²) >= 11 is 0. The Bertz CT molecular complexity index is 515. The summed E-state index contributed by atoms with van der Waals surface area (Å²) in [4.78, 5) is 4.73. The minimum absolute atomic E-state index is 0.414. The number of nitrogen functional groups attached to an aromatic ring is 1. The third kappa shape index (κ3) is 1.75. The number of aryl methyl sites for hydroxylation is 1. The first-order valence-corrected chi connectivity index (χ1v) is 5.81. The standard InChI is InChI=1S/C14H18N2/c1-4-10-6-5-7-11-12(15)8-13(9(2)3)16-14(10)11/h5-9H,4H2,1-3H3,(H2,15,16). The fourth-order valence-corrected chi connectivity index (χ4v) is 1.94. The molecule has 0 saturated carbocycles. The molecule has 2 aromatic rings. The summed E-state index contributed by atoms with van der Waals surface area (Å²) in [5.41, 5.74) is 10.3. The highest BCUT2D eigenvalue weighted by atomic mass is 14.7. The van der Waals surface area contributed by atoms with E-state index in [1.807, 2.05) is 18.2 Å². The lowest BCUT2D eigenvalue weighted by molar-refractivity contribution is 0.829. The minimum atomic E-state index is 0.414. The third-order valence-electron chi connectivity index (χ3n) is 2.95. The van der Waals surface area contributed by atoms with E-state index in [0.29, 0.717) is 5.92 Å². The van der Waals surface area contributed by atoms with Crippen LogP contribution in [0.25, 0.3) is 10.9 Å². The van der Waals surface area contributed by atoms with Crippen LogP contribution >= 0.6 is 0 Å². The van der Waals surface area contributed by atoms with Crippen LogP contribution < -0.4 is 5.73 Å². The molecule has 2 rings (SSSR count). The summed E-state index contributed by atoms with van der Waals surface area (Å²) < 4.78 is 0. The lowest BCUT2D eigenvalue weighted by Gasteiger charge is -2.11. The molecule has 84 valence electrons. The molecule has 1 aromatic carbocycles. The lowest BCUT2D eigenvalue weighted by Crippen LogP contribution is -1.99. The van der Waals surface area contributed by atoms with Gasteiger partial charge in [0.15, 0.2) is 0 Å². The summed E-state index contributed by atoms with van der Waals surface area (Å²) in [6.45, 7) is 6.43. The number of aromatic nitrogens is 1. The molecule has 0 aliphatic heterocycles. The van der Waals surface area contributed by atoms with E-state index < -0.39 is 0 Å². The van der Waals surface area contributed by atoms with Gasteiger partial charge in [-0.3, -0.25) is 4.98 Å². The van der Waals surface area contributed by atoms with Gasteiger partial charge in [-0.25, -0.2) is 0 Å². The topological polar surface area (TPSA) is 38.9 Å². The normalized spacial score (nSPS) is 11.2. The van der Waals surface area contributed by atoms with Gasteiger partial charge in [-0.1, -0.05) is 39.0 Å². The molecule has 0 aliphatic carbocycles. The molecule has 0 bridgehead atoms. The third-order valence-corrected chi connectivity index (χ3v) is 2.95. The molecule has 1 heterocycles. The molecule has 0 fully saturated rings. The van der Waals surface area contributed by atoms with E-state index in [1.165, 1.54) is 5.56 Å². The Morgan fingerprint density at radius 1 is 1.31 bits per heavy atom. The molecule has 0 saturated heterocycles. The number of benzene rings is 1. The van der Waals surface area contributed by atoms with E-state index in [2.05, 4.69) is 26.8 Å². The molecule has 2 nitrogen and oxygen atoms in total. The number of nitrogens with two attached hydrogens (primary N) is 1. The van der Waals surface area contributed by atoms with Crippen LogP contribution in [0.5, 0.6) is 0 Å². The highest BCUT2D eigenvalue weighted by Gasteiger charge is 2.08. The maximum Gasteiger partial charge on any atom is 0.0757 e. The Morgan fingerprint density at radius 3 is 2.69 bits per heavy atom. The smallest absolute Gasteiger partial charge is 0.0757 e. The van der Waals surface area contributed by atoms with Gasteiger partial charge in [0.1, 0.15) is 0 Å². The minimum Gasteiger partial charge on any atom is -0.398 e. The number of anilines is 1. The fraction of sp³-hybridized carbons (Fsp3) is 0.357. The van der Waals surface area contributed by atoms with E-state index in [4.69, 9.17) is 10.7 Å². The van der Waals surface area contributed by atoms with Crippen molar-refractivity contribution in [3.05, 3.63) is 35.5 Å². The highest BCUT2D eigenvalue weighted by Crippen LogP contribution is 2.26. The molecule has 2 heteroatoms. The number of nitrogens with zero attached hydrogens (tertiary/aromatic N) is 1. The van der Waals surface area contributed by atoms with E-state index in [1.54, 1.807) is 0 Å². The van der Waals surface area contributed by atoms with Crippen molar-refractivity contribution in [3.63, 3.8) is 0 Å². The molecule has 0 aliphatic rings. The van der Waals surface area contributed by atoms with Gasteiger partial charge in [-0.05, 0) is 24.0 Å². The molecule has 0 atom stereocenters. The number of para-hydroxylation sites is 1. The Kier molecular flexibility index (Phi) is 2.82. The number of rotatable bonds is 2. The number of hydrogen-bond acceptors (Lipinski definition) is 2. The number of pyridine rings is 1. The summed E-state index contributed by atoms with van der Waals surface area (Å²) in [5, 5.41) is 1.07. The van der Waals surface area contributed by atoms with Gasteiger partial charge < -0.3 is 5.73 Å². The van der Waals surface area contributed by atoms with Crippen molar-refractivity contribution in [1.82, 2.24) is 4.98 Å². The number of hydrogen-bond donors (Lipinski definition) is 1. The monoisotopic (exact) mass is 214 g/mol.